The summed E-state index contributed by atoms with van der Waals surface area (Å²) in [6.45, 7) is 5.93. The topological polar surface area (TPSA) is 78.4 Å². The van der Waals surface area contributed by atoms with Gasteiger partial charge in [-0.2, -0.15) is 0 Å². The van der Waals surface area contributed by atoms with Crippen LogP contribution in [0.25, 0.3) is 0 Å². The summed E-state index contributed by atoms with van der Waals surface area (Å²) >= 11 is 1.45. The van der Waals surface area contributed by atoms with Gasteiger partial charge in [-0.1, -0.05) is 38.0 Å². The molecule has 0 spiro atoms. The molecule has 1 aliphatic rings. The molecule has 1 aromatic heterocycles. The van der Waals surface area contributed by atoms with Crippen molar-refractivity contribution < 1.29 is 9.90 Å². The number of nitrogens with one attached hydrogen (secondary N) is 1. The molecule has 2 rings (SSSR count). The van der Waals surface area contributed by atoms with Crippen LogP contribution in [-0.4, -0.2) is 51.8 Å². The number of rotatable bonds is 7. The minimum atomic E-state index is -0.340. The highest BCUT2D eigenvalue weighted by Gasteiger charge is 2.25. The number of hydrogen-bond donors (Lipinski definition) is 2. The Balaban J connectivity index is 1.75. The quantitative estimate of drug-likeness (QED) is 0.748. The molecule has 1 fully saturated rings. The predicted octanol–water partition coefficient (Wildman–Crippen LogP) is 1.91. The van der Waals surface area contributed by atoms with Gasteiger partial charge in [0.25, 0.3) is 0 Å². The third-order valence-corrected chi connectivity index (χ3v) is 4.98. The molecule has 0 radical (unpaired) electrons. The monoisotopic (exact) mass is 326 g/mol. The molecule has 1 aromatic rings. The van der Waals surface area contributed by atoms with Crippen molar-refractivity contribution in [2.24, 2.45) is 5.92 Å². The largest absolute Gasteiger partial charge is 0.392 e. The fraction of sp³-hybridized carbons (Fsp3) is 0.800. The second-order valence-corrected chi connectivity index (χ2v) is 7.14. The first-order chi connectivity index (χ1) is 10.6. The van der Waals surface area contributed by atoms with Crippen LogP contribution in [0.1, 0.15) is 44.5 Å². The number of hydrogen-bond acceptors (Lipinski definition) is 6. The first kappa shape index (κ1) is 17.3. The number of nitrogens with zero attached hydrogens (tertiary/aromatic N) is 3. The van der Waals surface area contributed by atoms with E-state index in [1.165, 1.54) is 24.2 Å². The smallest absolute Gasteiger partial charge is 0.240 e. The maximum atomic E-state index is 12.0. The molecule has 1 amide bonds. The lowest BCUT2D eigenvalue weighted by molar-refractivity contribution is -0.118. The zero-order valence-electron chi connectivity index (χ0n) is 13.4. The van der Waals surface area contributed by atoms with E-state index in [1.807, 2.05) is 11.8 Å². The number of amides is 1. The molecule has 6 nitrogen and oxygen atoms in total. The molecule has 2 N–H and O–H groups in total. The first-order valence-electron chi connectivity index (χ1n) is 8.11. The molecule has 0 aromatic carbocycles. The van der Waals surface area contributed by atoms with Crippen molar-refractivity contribution in [2.45, 2.75) is 52.1 Å². The van der Waals surface area contributed by atoms with Gasteiger partial charge in [0.15, 0.2) is 0 Å². The zero-order chi connectivity index (χ0) is 15.9. The van der Waals surface area contributed by atoms with Crippen LogP contribution in [0.15, 0.2) is 0 Å². The highest BCUT2D eigenvalue weighted by Crippen LogP contribution is 2.19. The first-order valence-corrected chi connectivity index (χ1v) is 8.92. The fourth-order valence-electron chi connectivity index (χ4n) is 2.55. The van der Waals surface area contributed by atoms with Gasteiger partial charge in [0.05, 0.1) is 12.6 Å². The molecule has 2 heterocycles. The third kappa shape index (κ3) is 5.30. The Kier molecular flexibility index (Phi) is 6.72. The molecule has 0 aliphatic carbocycles. The maximum Gasteiger partial charge on any atom is 0.240 e. The number of piperidine rings is 1. The highest BCUT2D eigenvalue weighted by atomic mass is 32.1. The molecule has 2 atom stereocenters. The van der Waals surface area contributed by atoms with E-state index in [0.29, 0.717) is 24.1 Å². The van der Waals surface area contributed by atoms with Crippen molar-refractivity contribution >= 4 is 22.4 Å². The Hall–Kier alpha value is -1.05. The van der Waals surface area contributed by atoms with E-state index in [-0.39, 0.29) is 12.0 Å². The van der Waals surface area contributed by atoms with Crippen LogP contribution in [-0.2, 0) is 11.2 Å². The van der Waals surface area contributed by atoms with Crippen LogP contribution in [0.2, 0.25) is 0 Å². The molecule has 124 valence electrons. The van der Waals surface area contributed by atoms with Gasteiger partial charge in [0.2, 0.25) is 11.0 Å². The Labute approximate surface area is 135 Å². The van der Waals surface area contributed by atoms with Gasteiger partial charge in [0.1, 0.15) is 5.01 Å². The number of likely N-dealkylation sites (tertiary alicyclic amines) is 1. The van der Waals surface area contributed by atoms with E-state index in [1.54, 1.807) is 0 Å². The Morgan fingerprint density at radius 2 is 2.27 bits per heavy atom. The van der Waals surface area contributed by atoms with Crippen molar-refractivity contribution in [2.75, 3.05) is 25.0 Å². The minimum Gasteiger partial charge on any atom is -0.392 e. The van der Waals surface area contributed by atoms with Crippen LogP contribution in [0.5, 0.6) is 0 Å². The van der Waals surface area contributed by atoms with Crippen LogP contribution in [0.4, 0.5) is 5.13 Å². The van der Waals surface area contributed by atoms with E-state index in [2.05, 4.69) is 22.4 Å². The summed E-state index contributed by atoms with van der Waals surface area (Å²) in [6.07, 6.45) is 5.00. The maximum absolute atomic E-state index is 12.0. The summed E-state index contributed by atoms with van der Waals surface area (Å²) < 4.78 is 0. The standard InChI is InChI=1S/C15H26N4O2S/c1-3-4-5-6-14-17-18-15(22-14)16-13(21)10-19-8-7-11(2)12(20)9-19/h11-12,20H,3-10H2,1-2H3,(H,16,18,21). The van der Waals surface area contributed by atoms with E-state index in [0.717, 1.165) is 30.8 Å². The Morgan fingerprint density at radius 3 is 3.00 bits per heavy atom. The normalized spacial score (nSPS) is 22.7. The molecule has 1 saturated heterocycles. The fourth-order valence-corrected chi connectivity index (χ4v) is 3.35. The summed E-state index contributed by atoms with van der Waals surface area (Å²) in [4.78, 5) is 14.0. The molecular formula is C15H26N4O2S. The lowest BCUT2D eigenvalue weighted by Crippen LogP contribution is -2.45. The van der Waals surface area contributed by atoms with Crippen molar-refractivity contribution in [3.8, 4) is 0 Å². The Bertz CT molecular complexity index is 480. The molecule has 22 heavy (non-hydrogen) atoms. The van der Waals surface area contributed by atoms with Crippen molar-refractivity contribution in [1.29, 1.82) is 0 Å². The third-order valence-electron chi connectivity index (χ3n) is 4.08. The number of aliphatic hydroxyl groups is 1. The number of β-amino-alcohol motifs (C(OH)–C–C–N with tert-alkyl or cyclic N) is 1. The molecular weight excluding hydrogens is 300 g/mol. The van der Waals surface area contributed by atoms with Crippen LogP contribution in [0, 0.1) is 5.92 Å². The second kappa shape index (κ2) is 8.55. The highest BCUT2D eigenvalue weighted by molar-refractivity contribution is 7.15. The van der Waals surface area contributed by atoms with E-state index in [9.17, 15) is 9.90 Å². The number of aliphatic hydroxyl groups excluding tert-OH is 1. The van der Waals surface area contributed by atoms with Gasteiger partial charge in [0, 0.05) is 13.0 Å². The number of aromatic nitrogens is 2. The summed E-state index contributed by atoms with van der Waals surface area (Å²) in [5.41, 5.74) is 0. The van der Waals surface area contributed by atoms with Gasteiger partial charge < -0.3 is 5.11 Å². The predicted molar refractivity (Wildman–Crippen MR) is 88.0 cm³/mol. The second-order valence-electron chi connectivity index (χ2n) is 6.07. The Morgan fingerprint density at radius 1 is 1.45 bits per heavy atom. The summed E-state index contributed by atoms with van der Waals surface area (Å²) in [6, 6.07) is 0. The number of carbonyl (C=O) groups excluding carboxylic acids is 1. The number of carbonyl (C=O) groups is 1. The lowest BCUT2D eigenvalue weighted by Gasteiger charge is -2.33. The number of aryl methyl sites for hydroxylation is 1. The molecule has 0 bridgehead atoms. The zero-order valence-corrected chi connectivity index (χ0v) is 14.2. The minimum absolute atomic E-state index is 0.0852. The van der Waals surface area contributed by atoms with Gasteiger partial charge >= 0.3 is 0 Å². The average Bonchev–Trinajstić information content (AvgIpc) is 2.90. The summed E-state index contributed by atoms with van der Waals surface area (Å²) in [5, 5.41) is 22.4. The average molecular weight is 326 g/mol. The van der Waals surface area contributed by atoms with Crippen LogP contribution >= 0.6 is 11.3 Å². The molecule has 1 aliphatic heterocycles. The summed E-state index contributed by atoms with van der Waals surface area (Å²) in [5.74, 6) is 0.228. The number of unbranched alkanes of at least 4 members (excludes halogenated alkanes) is 2. The summed E-state index contributed by atoms with van der Waals surface area (Å²) in [7, 11) is 0. The van der Waals surface area contributed by atoms with Gasteiger partial charge in [-0.25, -0.2) is 0 Å². The lowest BCUT2D eigenvalue weighted by atomic mass is 9.96. The van der Waals surface area contributed by atoms with E-state index in [4.69, 9.17) is 0 Å². The van der Waals surface area contributed by atoms with Crippen molar-refractivity contribution in [3.63, 3.8) is 0 Å². The van der Waals surface area contributed by atoms with E-state index >= 15 is 0 Å². The van der Waals surface area contributed by atoms with E-state index < -0.39 is 0 Å². The molecule has 0 saturated carbocycles. The van der Waals surface area contributed by atoms with Crippen molar-refractivity contribution in [3.05, 3.63) is 5.01 Å². The van der Waals surface area contributed by atoms with Gasteiger partial charge in [-0.15, -0.1) is 10.2 Å². The van der Waals surface area contributed by atoms with Crippen LogP contribution in [0.3, 0.4) is 0 Å². The van der Waals surface area contributed by atoms with Crippen molar-refractivity contribution in [1.82, 2.24) is 15.1 Å². The molecule has 7 heteroatoms. The van der Waals surface area contributed by atoms with Gasteiger partial charge in [-0.3, -0.25) is 15.0 Å². The van der Waals surface area contributed by atoms with Crippen LogP contribution < -0.4 is 5.32 Å². The molecule has 2 unspecified atom stereocenters. The van der Waals surface area contributed by atoms with Gasteiger partial charge in [-0.05, 0) is 25.3 Å². The number of anilines is 1. The SMILES string of the molecule is CCCCCc1nnc(NC(=O)CN2CCC(C)C(O)C2)s1.